The number of ether oxygens (including phenoxy) is 1. The van der Waals surface area contributed by atoms with E-state index in [9.17, 15) is 4.79 Å². The molecule has 23 heavy (non-hydrogen) atoms. The van der Waals surface area contributed by atoms with Crippen LogP contribution in [0.3, 0.4) is 0 Å². The van der Waals surface area contributed by atoms with Gasteiger partial charge in [-0.05, 0) is 38.7 Å². The minimum atomic E-state index is -0.333. The Hall–Kier alpha value is -2.39. The Morgan fingerprint density at radius 1 is 0.826 bits per heavy atom. The number of esters is 1. The summed E-state index contributed by atoms with van der Waals surface area (Å²) in [5.74, 6) is -0.333. The molecule has 0 fully saturated rings. The quantitative estimate of drug-likeness (QED) is 0.572. The maximum atomic E-state index is 12.6. The van der Waals surface area contributed by atoms with Crippen molar-refractivity contribution in [2.24, 2.45) is 0 Å². The monoisotopic (exact) mass is 366 g/mol. The fourth-order valence-corrected chi connectivity index (χ4v) is 2.91. The highest BCUT2D eigenvalue weighted by Crippen LogP contribution is 2.30. The van der Waals surface area contributed by atoms with E-state index in [2.05, 4.69) is 15.9 Å². The topological polar surface area (TPSA) is 26.3 Å². The number of hydrogen-bond donors (Lipinski definition) is 0. The first-order valence-corrected chi connectivity index (χ1v) is 8.10. The summed E-state index contributed by atoms with van der Waals surface area (Å²) in [6.07, 6.45) is 0. The Morgan fingerprint density at radius 3 is 2.17 bits per heavy atom. The molecule has 0 spiro atoms. The van der Waals surface area contributed by atoms with Gasteiger partial charge in [0.1, 0.15) is 6.61 Å². The molecule has 0 aliphatic heterocycles. The third-order valence-electron chi connectivity index (χ3n) is 3.52. The first-order chi connectivity index (χ1) is 11.3. The molecule has 0 aliphatic rings. The van der Waals surface area contributed by atoms with Gasteiger partial charge in [-0.3, -0.25) is 0 Å². The van der Waals surface area contributed by atoms with Crippen LogP contribution in [0, 0.1) is 0 Å². The Bertz CT molecular complexity index is 798. The van der Waals surface area contributed by atoms with Gasteiger partial charge in [0.05, 0.1) is 5.56 Å². The summed E-state index contributed by atoms with van der Waals surface area (Å²) in [5, 5.41) is 0. The summed E-state index contributed by atoms with van der Waals surface area (Å²) in [4.78, 5) is 12.6. The van der Waals surface area contributed by atoms with Crippen molar-refractivity contribution in [3.8, 4) is 11.1 Å². The van der Waals surface area contributed by atoms with Crippen molar-refractivity contribution in [2.45, 2.75) is 6.61 Å². The van der Waals surface area contributed by atoms with E-state index in [0.29, 0.717) is 5.56 Å². The molecule has 0 aromatic heterocycles. The van der Waals surface area contributed by atoms with Gasteiger partial charge in [0.15, 0.2) is 0 Å². The third kappa shape index (κ3) is 3.69. The largest absolute Gasteiger partial charge is 0.457 e. The molecule has 0 bridgehead atoms. The molecule has 2 nitrogen and oxygen atoms in total. The molecule has 0 unspecified atom stereocenters. The molecule has 3 rings (SSSR count). The Kier molecular flexibility index (Phi) is 4.89. The van der Waals surface area contributed by atoms with Gasteiger partial charge in [0.2, 0.25) is 0 Å². The van der Waals surface area contributed by atoms with Gasteiger partial charge in [-0.25, -0.2) is 4.79 Å². The van der Waals surface area contributed by atoms with Gasteiger partial charge < -0.3 is 4.74 Å². The van der Waals surface area contributed by atoms with E-state index in [-0.39, 0.29) is 12.6 Å². The van der Waals surface area contributed by atoms with Crippen molar-refractivity contribution >= 4 is 21.9 Å². The van der Waals surface area contributed by atoms with Crippen molar-refractivity contribution in [1.29, 1.82) is 0 Å². The van der Waals surface area contributed by atoms with Crippen LogP contribution in [0.2, 0.25) is 0 Å². The fraction of sp³-hybridized carbons (Fsp3) is 0.0500. The SMILES string of the molecule is O=C(OCc1ccccc1)c1c(Br)cccc1-c1ccccc1. The van der Waals surface area contributed by atoms with Crippen LogP contribution in [0.25, 0.3) is 11.1 Å². The summed E-state index contributed by atoms with van der Waals surface area (Å²) in [7, 11) is 0. The van der Waals surface area contributed by atoms with Gasteiger partial charge >= 0.3 is 5.97 Å². The number of benzene rings is 3. The standard InChI is InChI=1S/C20H15BrO2/c21-18-13-7-12-17(16-10-5-2-6-11-16)19(18)20(22)23-14-15-8-3-1-4-9-15/h1-13H,14H2. The molecule has 114 valence electrons. The number of rotatable bonds is 4. The van der Waals surface area contributed by atoms with Gasteiger partial charge in [-0.2, -0.15) is 0 Å². The second-order valence-electron chi connectivity index (χ2n) is 5.09. The van der Waals surface area contributed by atoms with Crippen molar-refractivity contribution in [3.63, 3.8) is 0 Å². The molecule has 0 saturated heterocycles. The van der Waals surface area contributed by atoms with Crippen LogP contribution in [0.1, 0.15) is 15.9 Å². The molecule has 3 aromatic carbocycles. The van der Waals surface area contributed by atoms with Crippen molar-refractivity contribution in [1.82, 2.24) is 0 Å². The highest BCUT2D eigenvalue weighted by molar-refractivity contribution is 9.10. The maximum absolute atomic E-state index is 12.6. The first-order valence-electron chi connectivity index (χ1n) is 7.30. The number of halogens is 1. The van der Waals surface area contributed by atoms with Crippen LogP contribution >= 0.6 is 15.9 Å². The molecule has 0 aliphatic carbocycles. The molecule has 3 heteroatoms. The van der Waals surface area contributed by atoms with Gasteiger partial charge in [0.25, 0.3) is 0 Å². The summed E-state index contributed by atoms with van der Waals surface area (Å²) >= 11 is 3.47. The van der Waals surface area contributed by atoms with E-state index >= 15 is 0 Å². The molecule has 0 N–H and O–H groups in total. The van der Waals surface area contributed by atoms with E-state index < -0.39 is 0 Å². The second kappa shape index (κ2) is 7.25. The van der Waals surface area contributed by atoms with Crippen LogP contribution in [-0.4, -0.2) is 5.97 Å². The molecule has 3 aromatic rings. The number of hydrogen-bond acceptors (Lipinski definition) is 2. The van der Waals surface area contributed by atoms with Crippen molar-refractivity contribution < 1.29 is 9.53 Å². The maximum Gasteiger partial charge on any atom is 0.340 e. The van der Waals surface area contributed by atoms with Crippen LogP contribution in [0.15, 0.2) is 83.3 Å². The summed E-state index contributed by atoms with van der Waals surface area (Å²) in [5.41, 5.74) is 3.36. The minimum Gasteiger partial charge on any atom is -0.457 e. The van der Waals surface area contributed by atoms with E-state index in [1.165, 1.54) is 0 Å². The van der Waals surface area contributed by atoms with E-state index in [0.717, 1.165) is 21.2 Å². The highest BCUT2D eigenvalue weighted by Gasteiger charge is 2.17. The third-order valence-corrected chi connectivity index (χ3v) is 4.18. The summed E-state index contributed by atoms with van der Waals surface area (Å²) in [6, 6.07) is 25.2. The highest BCUT2D eigenvalue weighted by atomic mass is 79.9. The average Bonchev–Trinajstić information content (AvgIpc) is 2.61. The van der Waals surface area contributed by atoms with E-state index in [1.54, 1.807) is 0 Å². The zero-order chi connectivity index (χ0) is 16.1. The Labute approximate surface area is 143 Å². The molecular weight excluding hydrogens is 352 g/mol. The summed E-state index contributed by atoms with van der Waals surface area (Å²) in [6.45, 7) is 0.259. The smallest absolute Gasteiger partial charge is 0.340 e. The lowest BCUT2D eigenvalue weighted by Gasteiger charge is -2.12. The Balaban J connectivity index is 1.88. The normalized spacial score (nSPS) is 10.3. The lowest BCUT2D eigenvalue weighted by Crippen LogP contribution is -2.08. The molecule has 0 atom stereocenters. The molecule has 0 radical (unpaired) electrons. The lowest BCUT2D eigenvalue weighted by atomic mass is 10.00. The van der Waals surface area contributed by atoms with Crippen LogP contribution in [0.5, 0.6) is 0 Å². The fourth-order valence-electron chi connectivity index (χ4n) is 2.39. The van der Waals surface area contributed by atoms with Gasteiger partial charge in [-0.1, -0.05) is 72.8 Å². The molecule has 0 saturated carbocycles. The predicted octanol–water partition coefficient (Wildman–Crippen LogP) is 5.47. The Morgan fingerprint density at radius 2 is 1.48 bits per heavy atom. The van der Waals surface area contributed by atoms with Gasteiger partial charge in [-0.15, -0.1) is 0 Å². The van der Waals surface area contributed by atoms with Gasteiger partial charge in [0, 0.05) is 4.47 Å². The number of carbonyl (C=O) groups excluding carboxylic acids is 1. The van der Waals surface area contributed by atoms with Crippen LogP contribution in [-0.2, 0) is 11.3 Å². The zero-order valence-electron chi connectivity index (χ0n) is 12.4. The second-order valence-corrected chi connectivity index (χ2v) is 5.94. The van der Waals surface area contributed by atoms with Crippen LogP contribution in [0.4, 0.5) is 0 Å². The lowest BCUT2D eigenvalue weighted by molar-refractivity contribution is 0.0472. The molecule has 0 amide bonds. The number of carbonyl (C=O) groups is 1. The van der Waals surface area contributed by atoms with Crippen molar-refractivity contribution in [2.75, 3.05) is 0 Å². The van der Waals surface area contributed by atoms with Crippen molar-refractivity contribution in [3.05, 3.63) is 94.5 Å². The van der Waals surface area contributed by atoms with Crippen LogP contribution < -0.4 is 0 Å². The average molecular weight is 367 g/mol. The minimum absolute atomic E-state index is 0.259. The molecule has 0 heterocycles. The first kappa shape index (κ1) is 15.5. The van der Waals surface area contributed by atoms with E-state index in [1.807, 2.05) is 78.9 Å². The predicted molar refractivity (Wildman–Crippen MR) is 95.1 cm³/mol. The molecular formula is C20H15BrO2. The summed E-state index contributed by atoms with van der Waals surface area (Å²) < 4.78 is 6.22. The zero-order valence-corrected chi connectivity index (χ0v) is 14.0. The van der Waals surface area contributed by atoms with E-state index in [4.69, 9.17) is 4.74 Å².